The number of thioether (sulfide) groups is 1. The lowest BCUT2D eigenvalue weighted by Crippen LogP contribution is -2.28. The Labute approximate surface area is 174 Å². The van der Waals surface area contributed by atoms with Crippen LogP contribution in [0.2, 0.25) is 0 Å². The highest BCUT2D eigenvalue weighted by Gasteiger charge is 2.14. The van der Waals surface area contributed by atoms with E-state index >= 15 is 0 Å². The molecule has 29 heavy (non-hydrogen) atoms. The van der Waals surface area contributed by atoms with Gasteiger partial charge in [-0.05, 0) is 49.4 Å². The molecule has 1 unspecified atom stereocenters. The molecule has 3 aromatic rings. The lowest BCUT2D eigenvalue weighted by molar-refractivity contribution is -0.119. The fraction of sp³-hybridized carbons (Fsp3) is 0.318. The van der Waals surface area contributed by atoms with Crippen molar-refractivity contribution in [1.82, 2.24) is 20.1 Å². The van der Waals surface area contributed by atoms with Crippen LogP contribution in [0.5, 0.6) is 0 Å². The number of benzene rings is 2. The van der Waals surface area contributed by atoms with Gasteiger partial charge in [0.15, 0.2) is 5.16 Å². The van der Waals surface area contributed by atoms with E-state index in [1.54, 1.807) is 4.57 Å². The SMILES string of the molecule is Cc1ccc(C(C)NC(=O)CSc2n[nH]c(=O)n2CCc2ccccc2)cc1C. The van der Waals surface area contributed by atoms with Crippen molar-refractivity contribution < 1.29 is 4.79 Å². The number of hydrogen-bond donors (Lipinski definition) is 2. The summed E-state index contributed by atoms with van der Waals surface area (Å²) in [7, 11) is 0. The molecule has 0 radical (unpaired) electrons. The highest BCUT2D eigenvalue weighted by Crippen LogP contribution is 2.18. The van der Waals surface area contributed by atoms with Crippen molar-refractivity contribution in [2.75, 3.05) is 5.75 Å². The van der Waals surface area contributed by atoms with Gasteiger partial charge < -0.3 is 5.32 Å². The van der Waals surface area contributed by atoms with Gasteiger partial charge in [-0.1, -0.05) is 60.3 Å². The summed E-state index contributed by atoms with van der Waals surface area (Å²) in [6, 6.07) is 16.1. The fourth-order valence-corrected chi connectivity index (χ4v) is 3.81. The molecule has 0 bridgehead atoms. The zero-order chi connectivity index (χ0) is 20.8. The molecule has 0 aliphatic heterocycles. The Balaban J connectivity index is 1.56. The maximum atomic E-state index is 12.4. The molecule has 1 amide bonds. The van der Waals surface area contributed by atoms with Crippen LogP contribution in [0.1, 0.15) is 35.2 Å². The van der Waals surface area contributed by atoms with Crippen LogP contribution in [0, 0.1) is 13.8 Å². The summed E-state index contributed by atoms with van der Waals surface area (Å²) in [4.78, 5) is 24.5. The number of nitrogens with one attached hydrogen (secondary N) is 2. The molecule has 0 spiro atoms. The minimum atomic E-state index is -0.257. The van der Waals surface area contributed by atoms with E-state index < -0.39 is 0 Å². The predicted molar refractivity (Wildman–Crippen MR) is 116 cm³/mol. The van der Waals surface area contributed by atoms with Crippen LogP contribution in [0.15, 0.2) is 58.5 Å². The fourth-order valence-electron chi connectivity index (χ4n) is 3.03. The number of rotatable bonds is 8. The molecule has 1 aromatic heterocycles. The van der Waals surface area contributed by atoms with Gasteiger partial charge in [-0.2, -0.15) is 0 Å². The second-order valence-corrected chi connectivity index (χ2v) is 8.06. The molecule has 0 saturated carbocycles. The lowest BCUT2D eigenvalue weighted by Gasteiger charge is -2.15. The molecule has 2 aromatic carbocycles. The number of amides is 1. The number of aromatic nitrogens is 3. The first-order valence-corrected chi connectivity index (χ1v) is 10.6. The Morgan fingerprint density at radius 3 is 2.66 bits per heavy atom. The third kappa shape index (κ3) is 5.60. The summed E-state index contributed by atoms with van der Waals surface area (Å²) in [6.45, 7) is 6.62. The van der Waals surface area contributed by atoms with E-state index in [0.29, 0.717) is 11.7 Å². The van der Waals surface area contributed by atoms with Gasteiger partial charge in [-0.15, -0.1) is 5.10 Å². The standard InChI is InChI=1S/C22H26N4O2S/c1-15-9-10-19(13-16(15)2)17(3)23-20(27)14-29-22-25-24-21(28)26(22)12-11-18-7-5-4-6-8-18/h4-10,13,17H,11-12,14H2,1-3H3,(H,23,27)(H,24,28). The third-order valence-electron chi connectivity index (χ3n) is 4.93. The zero-order valence-electron chi connectivity index (χ0n) is 16.9. The molecule has 0 aliphatic carbocycles. The summed E-state index contributed by atoms with van der Waals surface area (Å²) in [5.41, 5.74) is 4.40. The van der Waals surface area contributed by atoms with E-state index in [2.05, 4.69) is 41.5 Å². The summed E-state index contributed by atoms with van der Waals surface area (Å²) in [5, 5.41) is 10.1. The maximum Gasteiger partial charge on any atom is 0.343 e. The Morgan fingerprint density at radius 1 is 1.17 bits per heavy atom. The van der Waals surface area contributed by atoms with Gasteiger partial charge in [-0.25, -0.2) is 9.89 Å². The van der Waals surface area contributed by atoms with Crippen molar-refractivity contribution in [1.29, 1.82) is 0 Å². The van der Waals surface area contributed by atoms with Crippen molar-refractivity contribution in [3.63, 3.8) is 0 Å². The monoisotopic (exact) mass is 410 g/mol. The van der Waals surface area contributed by atoms with Crippen molar-refractivity contribution in [3.8, 4) is 0 Å². The van der Waals surface area contributed by atoms with Gasteiger partial charge in [-0.3, -0.25) is 9.36 Å². The Morgan fingerprint density at radius 2 is 1.93 bits per heavy atom. The zero-order valence-corrected chi connectivity index (χ0v) is 17.8. The Kier molecular flexibility index (Phi) is 6.93. The van der Waals surface area contributed by atoms with Gasteiger partial charge in [0.05, 0.1) is 11.8 Å². The number of aromatic amines is 1. The van der Waals surface area contributed by atoms with Crippen molar-refractivity contribution >= 4 is 17.7 Å². The average molecular weight is 411 g/mol. The van der Waals surface area contributed by atoms with Gasteiger partial charge in [0, 0.05) is 6.54 Å². The van der Waals surface area contributed by atoms with Crippen LogP contribution in [-0.2, 0) is 17.8 Å². The Hall–Kier alpha value is -2.80. The molecule has 3 rings (SSSR count). The van der Waals surface area contributed by atoms with E-state index in [4.69, 9.17) is 0 Å². The summed E-state index contributed by atoms with van der Waals surface area (Å²) in [5.74, 6) is 0.107. The number of hydrogen-bond acceptors (Lipinski definition) is 4. The quantitative estimate of drug-likeness (QED) is 0.558. The van der Waals surface area contributed by atoms with Crippen LogP contribution in [0.3, 0.4) is 0 Å². The normalized spacial score (nSPS) is 12.0. The minimum absolute atomic E-state index is 0.0816. The molecule has 152 valence electrons. The summed E-state index contributed by atoms with van der Waals surface area (Å²) in [6.07, 6.45) is 0.726. The van der Waals surface area contributed by atoms with Crippen LogP contribution in [-0.4, -0.2) is 26.4 Å². The van der Waals surface area contributed by atoms with Gasteiger partial charge in [0.1, 0.15) is 0 Å². The largest absolute Gasteiger partial charge is 0.349 e. The summed E-state index contributed by atoms with van der Waals surface area (Å²) >= 11 is 1.26. The van der Waals surface area contributed by atoms with E-state index in [-0.39, 0.29) is 23.4 Å². The minimum Gasteiger partial charge on any atom is -0.349 e. The second-order valence-electron chi connectivity index (χ2n) is 7.12. The van der Waals surface area contributed by atoms with Gasteiger partial charge in [0.2, 0.25) is 5.91 Å². The van der Waals surface area contributed by atoms with Gasteiger partial charge in [0.25, 0.3) is 0 Å². The molecule has 6 nitrogen and oxygen atoms in total. The molecule has 0 saturated heterocycles. The van der Waals surface area contributed by atoms with Crippen LogP contribution >= 0.6 is 11.8 Å². The van der Waals surface area contributed by atoms with Gasteiger partial charge >= 0.3 is 5.69 Å². The first-order chi connectivity index (χ1) is 13.9. The number of aryl methyl sites for hydroxylation is 3. The highest BCUT2D eigenvalue weighted by molar-refractivity contribution is 7.99. The molecular weight excluding hydrogens is 384 g/mol. The molecule has 1 atom stereocenters. The molecule has 0 aliphatic rings. The average Bonchev–Trinajstić information content (AvgIpc) is 3.07. The van der Waals surface area contributed by atoms with Crippen molar-refractivity contribution in [3.05, 3.63) is 81.3 Å². The number of H-pyrrole nitrogens is 1. The first kappa shape index (κ1) is 20.9. The second kappa shape index (κ2) is 9.60. The lowest BCUT2D eigenvalue weighted by atomic mass is 10.0. The summed E-state index contributed by atoms with van der Waals surface area (Å²) < 4.78 is 1.58. The molecule has 2 N–H and O–H groups in total. The van der Waals surface area contributed by atoms with Crippen molar-refractivity contribution in [2.45, 2.75) is 44.9 Å². The van der Waals surface area contributed by atoms with Crippen molar-refractivity contribution in [2.24, 2.45) is 0 Å². The highest BCUT2D eigenvalue weighted by atomic mass is 32.2. The number of nitrogens with zero attached hydrogens (tertiary/aromatic N) is 2. The van der Waals surface area contributed by atoms with Crippen LogP contribution in [0.25, 0.3) is 0 Å². The molecule has 1 heterocycles. The van der Waals surface area contributed by atoms with E-state index in [9.17, 15) is 9.59 Å². The number of carbonyl (C=O) groups is 1. The van der Waals surface area contributed by atoms with E-state index in [1.807, 2.05) is 43.3 Å². The molecular formula is C22H26N4O2S. The Bertz CT molecular complexity index is 1030. The molecule has 7 heteroatoms. The molecule has 0 fully saturated rings. The maximum absolute atomic E-state index is 12.4. The topological polar surface area (TPSA) is 79.8 Å². The van der Waals surface area contributed by atoms with Crippen LogP contribution < -0.4 is 11.0 Å². The van der Waals surface area contributed by atoms with E-state index in [1.165, 1.54) is 22.9 Å². The third-order valence-corrected chi connectivity index (χ3v) is 5.91. The van der Waals surface area contributed by atoms with Crippen LogP contribution in [0.4, 0.5) is 0 Å². The smallest absolute Gasteiger partial charge is 0.343 e. The predicted octanol–water partition coefficient (Wildman–Crippen LogP) is 3.40. The first-order valence-electron chi connectivity index (χ1n) is 9.62. The van der Waals surface area contributed by atoms with E-state index in [0.717, 1.165) is 17.5 Å². The number of carbonyl (C=O) groups excluding carboxylic acids is 1.